The van der Waals surface area contributed by atoms with Crippen molar-refractivity contribution >= 4 is 10.9 Å². The van der Waals surface area contributed by atoms with Gasteiger partial charge in [0.15, 0.2) is 0 Å². The van der Waals surface area contributed by atoms with Gasteiger partial charge >= 0.3 is 0 Å². The highest BCUT2D eigenvalue weighted by atomic mass is 16.5. The maximum atomic E-state index is 10.8. The monoisotopic (exact) mass is 277 g/mol. The van der Waals surface area contributed by atoms with E-state index in [1.165, 1.54) is 11.1 Å². The van der Waals surface area contributed by atoms with Crippen molar-refractivity contribution in [3.8, 4) is 0 Å². The zero-order valence-corrected chi connectivity index (χ0v) is 11.5. The highest BCUT2D eigenvalue weighted by molar-refractivity contribution is 5.82. The van der Waals surface area contributed by atoms with Gasteiger partial charge in [0.2, 0.25) is 0 Å². The van der Waals surface area contributed by atoms with Gasteiger partial charge in [0.05, 0.1) is 18.7 Å². The molecule has 0 radical (unpaired) electrons. The van der Waals surface area contributed by atoms with Gasteiger partial charge in [-0.3, -0.25) is 4.98 Å². The molecule has 0 aliphatic carbocycles. The Kier molecular flexibility index (Phi) is 2.95. The van der Waals surface area contributed by atoms with Crippen molar-refractivity contribution < 1.29 is 9.84 Å². The van der Waals surface area contributed by atoms with Crippen LogP contribution in [0.1, 0.15) is 28.4 Å². The Labute approximate surface area is 122 Å². The van der Waals surface area contributed by atoms with E-state index in [9.17, 15) is 5.11 Å². The number of fused-ring (bicyclic) bond motifs is 2. The Balaban J connectivity index is 1.81. The van der Waals surface area contributed by atoms with E-state index in [4.69, 9.17) is 4.74 Å². The summed E-state index contributed by atoms with van der Waals surface area (Å²) in [7, 11) is 0. The normalized spacial score (nSPS) is 15.1. The van der Waals surface area contributed by atoms with Gasteiger partial charge in [0.1, 0.15) is 6.10 Å². The van der Waals surface area contributed by atoms with Gasteiger partial charge in [-0.1, -0.05) is 36.4 Å². The first-order valence-corrected chi connectivity index (χ1v) is 7.04. The zero-order valence-electron chi connectivity index (χ0n) is 11.5. The lowest BCUT2D eigenvalue weighted by atomic mass is 9.95. The topological polar surface area (TPSA) is 42.4 Å². The molecule has 1 aliphatic heterocycles. The summed E-state index contributed by atoms with van der Waals surface area (Å²) in [4.78, 5) is 4.34. The number of pyridine rings is 1. The van der Waals surface area contributed by atoms with Crippen molar-refractivity contribution in [1.82, 2.24) is 4.98 Å². The van der Waals surface area contributed by atoms with Crippen LogP contribution < -0.4 is 0 Å². The fraction of sp³-hybridized carbons (Fsp3) is 0.167. The molecule has 21 heavy (non-hydrogen) atoms. The van der Waals surface area contributed by atoms with Gasteiger partial charge in [-0.15, -0.1) is 0 Å². The third-order valence-corrected chi connectivity index (χ3v) is 4.04. The Morgan fingerprint density at radius 2 is 1.90 bits per heavy atom. The van der Waals surface area contributed by atoms with Gasteiger partial charge < -0.3 is 9.84 Å². The number of nitrogens with zero attached hydrogens (tertiary/aromatic N) is 1. The first-order chi connectivity index (χ1) is 10.3. The molecule has 0 fully saturated rings. The SMILES string of the molecule is OC(c1ccc2c(c1)COC2)c1cccc2ncccc12. The summed E-state index contributed by atoms with van der Waals surface area (Å²) in [6.45, 7) is 1.30. The largest absolute Gasteiger partial charge is 0.384 e. The van der Waals surface area contributed by atoms with Crippen LogP contribution in [-0.4, -0.2) is 10.1 Å². The molecule has 0 spiro atoms. The summed E-state index contributed by atoms with van der Waals surface area (Å²) >= 11 is 0. The predicted octanol–water partition coefficient (Wildman–Crippen LogP) is 3.35. The minimum atomic E-state index is -0.649. The lowest BCUT2D eigenvalue weighted by Gasteiger charge is -2.15. The minimum absolute atomic E-state index is 0.632. The highest BCUT2D eigenvalue weighted by Gasteiger charge is 2.17. The van der Waals surface area contributed by atoms with E-state index in [1.54, 1.807) is 6.20 Å². The van der Waals surface area contributed by atoms with E-state index in [-0.39, 0.29) is 0 Å². The Hall–Kier alpha value is -2.23. The average molecular weight is 277 g/mol. The first kappa shape index (κ1) is 12.5. The molecule has 2 aromatic carbocycles. The molecule has 3 heteroatoms. The molecule has 1 unspecified atom stereocenters. The molecule has 0 saturated heterocycles. The third kappa shape index (κ3) is 2.11. The quantitative estimate of drug-likeness (QED) is 0.781. The number of hydrogen-bond acceptors (Lipinski definition) is 3. The Morgan fingerprint density at radius 3 is 2.86 bits per heavy atom. The summed E-state index contributed by atoms with van der Waals surface area (Å²) in [5, 5.41) is 11.7. The average Bonchev–Trinajstić information content (AvgIpc) is 3.01. The molecule has 0 bridgehead atoms. The van der Waals surface area contributed by atoms with Gasteiger partial charge in [-0.25, -0.2) is 0 Å². The lowest BCUT2D eigenvalue weighted by Crippen LogP contribution is -2.02. The van der Waals surface area contributed by atoms with E-state index in [1.807, 2.05) is 48.5 Å². The molecule has 104 valence electrons. The molecule has 1 N–H and O–H groups in total. The first-order valence-electron chi connectivity index (χ1n) is 7.04. The second kappa shape index (κ2) is 4.95. The van der Waals surface area contributed by atoms with E-state index in [0.29, 0.717) is 13.2 Å². The van der Waals surface area contributed by atoms with E-state index in [2.05, 4.69) is 4.98 Å². The van der Waals surface area contributed by atoms with Gasteiger partial charge in [-0.05, 0) is 34.4 Å². The van der Waals surface area contributed by atoms with Crippen molar-refractivity contribution in [1.29, 1.82) is 0 Å². The smallest absolute Gasteiger partial charge is 0.105 e. The number of ether oxygens (including phenoxy) is 1. The van der Waals surface area contributed by atoms with Crippen LogP contribution in [0.4, 0.5) is 0 Å². The Morgan fingerprint density at radius 1 is 1.00 bits per heavy atom. The standard InChI is InChI=1S/C18H15NO2/c20-18(12-6-7-13-10-21-11-14(13)9-12)16-3-1-5-17-15(16)4-2-8-19-17/h1-9,18,20H,10-11H2. The number of rotatable bonds is 2. The fourth-order valence-electron chi connectivity index (χ4n) is 2.91. The minimum Gasteiger partial charge on any atom is -0.384 e. The number of hydrogen-bond donors (Lipinski definition) is 1. The van der Waals surface area contributed by atoms with Crippen LogP contribution in [0.15, 0.2) is 54.7 Å². The van der Waals surface area contributed by atoms with Gasteiger partial charge in [0, 0.05) is 11.6 Å². The van der Waals surface area contributed by atoms with Crippen LogP contribution in [0.25, 0.3) is 10.9 Å². The summed E-state index contributed by atoms with van der Waals surface area (Å²) in [6, 6.07) is 15.8. The van der Waals surface area contributed by atoms with Crippen LogP contribution in [-0.2, 0) is 18.0 Å². The van der Waals surface area contributed by atoms with Crippen LogP contribution in [0, 0.1) is 0 Å². The maximum absolute atomic E-state index is 10.8. The Bertz CT molecular complexity index is 808. The molecular weight excluding hydrogens is 262 g/mol. The number of benzene rings is 2. The van der Waals surface area contributed by atoms with E-state index in [0.717, 1.165) is 22.0 Å². The van der Waals surface area contributed by atoms with Gasteiger partial charge in [0.25, 0.3) is 0 Å². The summed E-state index contributed by atoms with van der Waals surface area (Å²) in [6.07, 6.45) is 1.12. The van der Waals surface area contributed by atoms with Crippen molar-refractivity contribution in [2.24, 2.45) is 0 Å². The number of aliphatic hydroxyl groups is 1. The molecule has 0 amide bonds. The number of aromatic nitrogens is 1. The molecule has 0 saturated carbocycles. The molecule has 1 aromatic heterocycles. The highest BCUT2D eigenvalue weighted by Crippen LogP contribution is 2.30. The van der Waals surface area contributed by atoms with E-state index < -0.39 is 6.10 Å². The van der Waals surface area contributed by atoms with Crippen LogP contribution in [0.5, 0.6) is 0 Å². The van der Waals surface area contributed by atoms with Crippen LogP contribution in [0.2, 0.25) is 0 Å². The summed E-state index contributed by atoms with van der Waals surface area (Å²) < 4.78 is 5.43. The van der Waals surface area contributed by atoms with Gasteiger partial charge in [-0.2, -0.15) is 0 Å². The molecule has 4 rings (SSSR count). The summed E-state index contributed by atoms with van der Waals surface area (Å²) in [5.41, 5.74) is 5.07. The van der Waals surface area contributed by atoms with Crippen molar-refractivity contribution in [3.63, 3.8) is 0 Å². The summed E-state index contributed by atoms with van der Waals surface area (Å²) in [5.74, 6) is 0. The lowest BCUT2D eigenvalue weighted by molar-refractivity contribution is 0.134. The second-order valence-electron chi connectivity index (χ2n) is 5.34. The number of aliphatic hydroxyl groups excluding tert-OH is 1. The molecule has 3 nitrogen and oxygen atoms in total. The zero-order chi connectivity index (χ0) is 14.2. The van der Waals surface area contributed by atoms with Crippen LogP contribution in [0.3, 0.4) is 0 Å². The molecule has 3 aromatic rings. The van der Waals surface area contributed by atoms with Crippen molar-refractivity contribution in [2.45, 2.75) is 19.3 Å². The van der Waals surface area contributed by atoms with Crippen molar-refractivity contribution in [2.75, 3.05) is 0 Å². The predicted molar refractivity (Wildman–Crippen MR) is 80.7 cm³/mol. The van der Waals surface area contributed by atoms with Crippen LogP contribution >= 0.6 is 0 Å². The third-order valence-electron chi connectivity index (χ3n) is 4.04. The molecular formula is C18H15NO2. The second-order valence-corrected chi connectivity index (χ2v) is 5.34. The molecule has 2 heterocycles. The molecule has 1 atom stereocenters. The fourth-order valence-corrected chi connectivity index (χ4v) is 2.91. The van der Waals surface area contributed by atoms with E-state index >= 15 is 0 Å². The maximum Gasteiger partial charge on any atom is 0.105 e. The molecule has 1 aliphatic rings. The van der Waals surface area contributed by atoms with Crippen molar-refractivity contribution in [3.05, 3.63) is 77.0 Å².